The summed E-state index contributed by atoms with van der Waals surface area (Å²) in [6.45, 7) is 2.15. The SMILES string of the molecule is CCC=CCC=CCC=CCC=CCC=CCC=CCC1=CC(=O)OC1O. The van der Waals surface area contributed by atoms with Gasteiger partial charge in [-0.15, -0.1) is 0 Å². The van der Waals surface area contributed by atoms with Crippen molar-refractivity contribution < 1.29 is 14.6 Å². The molecule has 0 aromatic heterocycles. The zero-order chi connectivity index (χ0) is 19.6. The first-order valence-corrected chi connectivity index (χ1v) is 9.73. The van der Waals surface area contributed by atoms with Crippen LogP contribution in [0.15, 0.2) is 84.6 Å². The number of allylic oxidation sites excluding steroid dienone is 12. The van der Waals surface area contributed by atoms with Crippen molar-refractivity contribution in [1.29, 1.82) is 0 Å². The molecule has 0 fully saturated rings. The molecule has 0 saturated carbocycles. The van der Waals surface area contributed by atoms with Crippen LogP contribution in [0.2, 0.25) is 0 Å². The Morgan fingerprint density at radius 3 is 1.56 bits per heavy atom. The van der Waals surface area contributed by atoms with Crippen molar-refractivity contribution in [3.05, 3.63) is 84.6 Å². The van der Waals surface area contributed by atoms with Crippen molar-refractivity contribution in [1.82, 2.24) is 0 Å². The highest BCUT2D eigenvalue weighted by Gasteiger charge is 2.21. The Morgan fingerprint density at radius 1 is 0.778 bits per heavy atom. The molecule has 1 heterocycles. The highest BCUT2D eigenvalue weighted by atomic mass is 16.6. The van der Waals surface area contributed by atoms with E-state index in [1.54, 1.807) is 0 Å². The number of hydrogen-bond acceptors (Lipinski definition) is 3. The number of carbonyl (C=O) groups excluding carboxylic acids is 1. The molecule has 0 bridgehead atoms. The van der Waals surface area contributed by atoms with E-state index < -0.39 is 12.3 Å². The van der Waals surface area contributed by atoms with Crippen LogP contribution in [0, 0.1) is 0 Å². The van der Waals surface area contributed by atoms with Gasteiger partial charge in [0.2, 0.25) is 6.29 Å². The molecule has 1 N–H and O–H groups in total. The fourth-order valence-electron chi connectivity index (χ4n) is 2.34. The van der Waals surface area contributed by atoms with E-state index in [0.717, 1.165) is 38.5 Å². The molecule has 1 aliphatic heterocycles. The first-order valence-electron chi connectivity index (χ1n) is 9.73. The largest absolute Gasteiger partial charge is 0.429 e. The third-order valence-electron chi connectivity index (χ3n) is 3.80. The summed E-state index contributed by atoms with van der Waals surface area (Å²) in [6.07, 6.45) is 32.4. The molecule has 0 spiro atoms. The molecular weight excluding hydrogens is 336 g/mol. The molecule has 0 amide bonds. The minimum Gasteiger partial charge on any atom is -0.429 e. The van der Waals surface area contributed by atoms with E-state index in [1.165, 1.54) is 6.08 Å². The van der Waals surface area contributed by atoms with E-state index >= 15 is 0 Å². The van der Waals surface area contributed by atoms with Crippen LogP contribution in [0.3, 0.4) is 0 Å². The summed E-state index contributed by atoms with van der Waals surface area (Å²) in [6, 6.07) is 0. The highest BCUT2D eigenvalue weighted by Crippen LogP contribution is 2.17. The van der Waals surface area contributed by atoms with Crippen molar-refractivity contribution in [2.24, 2.45) is 0 Å². The van der Waals surface area contributed by atoms with Gasteiger partial charge in [0.05, 0.1) is 0 Å². The lowest BCUT2D eigenvalue weighted by Gasteiger charge is -2.03. The van der Waals surface area contributed by atoms with Gasteiger partial charge in [-0.25, -0.2) is 4.79 Å². The van der Waals surface area contributed by atoms with E-state index in [9.17, 15) is 9.90 Å². The van der Waals surface area contributed by atoms with E-state index in [2.05, 4.69) is 72.4 Å². The van der Waals surface area contributed by atoms with Crippen LogP contribution in [0.5, 0.6) is 0 Å². The summed E-state index contributed by atoms with van der Waals surface area (Å²) in [7, 11) is 0. The first-order chi connectivity index (χ1) is 13.2. The third kappa shape index (κ3) is 12.6. The second kappa shape index (κ2) is 15.8. The van der Waals surface area contributed by atoms with Gasteiger partial charge < -0.3 is 9.84 Å². The van der Waals surface area contributed by atoms with Gasteiger partial charge in [0, 0.05) is 11.6 Å². The van der Waals surface area contributed by atoms with Crippen LogP contribution >= 0.6 is 0 Å². The predicted octanol–water partition coefficient (Wildman–Crippen LogP) is 5.88. The van der Waals surface area contributed by atoms with Crippen LogP contribution in [0.25, 0.3) is 0 Å². The van der Waals surface area contributed by atoms with E-state index in [4.69, 9.17) is 0 Å². The molecule has 0 radical (unpaired) electrons. The Bertz CT molecular complexity index is 616. The Labute approximate surface area is 163 Å². The quantitative estimate of drug-likeness (QED) is 0.326. The topological polar surface area (TPSA) is 46.5 Å². The van der Waals surface area contributed by atoms with E-state index in [-0.39, 0.29) is 0 Å². The van der Waals surface area contributed by atoms with Crippen molar-refractivity contribution in [3.8, 4) is 0 Å². The van der Waals surface area contributed by atoms with Gasteiger partial charge in [0.15, 0.2) is 0 Å². The first kappa shape index (κ1) is 22.7. The number of aliphatic hydroxyl groups excluding tert-OH is 1. The maximum absolute atomic E-state index is 10.9. The number of esters is 1. The molecule has 0 saturated heterocycles. The number of cyclic esters (lactones) is 1. The van der Waals surface area contributed by atoms with Gasteiger partial charge >= 0.3 is 5.97 Å². The average Bonchev–Trinajstić information content (AvgIpc) is 2.98. The minimum atomic E-state index is -1.07. The van der Waals surface area contributed by atoms with Crippen molar-refractivity contribution in [2.75, 3.05) is 0 Å². The van der Waals surface area contributed by atoms with E-state index in [0.29, 0.717) is 12.0 Å². The van der Waals surface area contributed by atoms with Gasteiger partial charge in [0.25, 0.3) is 0 Å². The molecule has 1 atom stereocenters. The highest BCUT2D eigenvalue weighted by molar-refractivity contribution is 5.85. The monoisotopic (exact) mass is 368 g/mol. The molecule has 1 unspecified atom stereocenters. The lowest BCUT2D eigenvalue weighted by Crippen LogP contribution is -2.09. The molecule has 27 heavy (non-hydrogen) atoms. The Balaban J connectivity index is 2.01. The smallest absolute Gasteiger partial charge is 0.333 e. The van der Waals surface area contributed by atoms with Crippen molar-refractivity contribution in [2.45, 2.75) is 58.2 Å². The number of carbonyl (C=O) groups is 1. The molecule has 3 heteroatoms. The maximum Gasteiger partial charge on any atom is 0.333 e. The Hall–Kier alpha value is -2.39. The normalized spacial score (nSPS) is 18.4. The van der Waals surface area contributed by atoms with Crippen LogP contribution in [0.1, 0.15) is 51.9 Å². The predicted molar refractivity (Wildman–Crippen MR) is 113 cm³/mol. The summed E-state index contributed by atoms with van der Waals surface area (Å²) >= 11 is 0. The van der Waals surface area contributed by atoms with Gasteiger partial charge in [-0.1, -0.05) is 79.8 Å². The summed E-state index contributed by atoms with van der Waals surface area (Å²) in [5.74, 6) is -0.469. The van der Waals surface area contributed by atoms with Crippen LogP contribution < -0.4 is 0 Å². The average molecular weight is 369 g/mol. The van der Waals surface area contributed by atoms with Crippen molar-refractivity contribution in [3.63, 3.8) is 0 Å². The minimum absolute atomic E-state index is 0.469. The number of ether oxygens (including phenoxy) is 1. The second-order valence-corrected chi connectivity index (χ2v) is 6.13. The van der Waals surface area contributed by atoms with Gasteiger partial charge in [-0.3, -0.25) is 0 Å². The molecule has 1 aliphatic rings. The van der Waals surface area contributed by atoms with Crippen LogP contribution in [-0.4, -0.2) is 17.4 Å². The molecule has 146 valence electrons. The summed E-state index contributed by atoms with van der Waals surface area (Å²) in [5, 5.41) is 9.43. The van der Waals surface area contributed by atoms with Gasteiger partial charge in [-0.05, 0) is 44.9 Å². The summed E-state index contributed by atoms with van der Waals surface area (Å²) < 4.78 is 4.62. The number of hydrogen-bond donors (Lipinski definition) is 1. The summed E-state index contributed by atoms with van der Waals surface area (Å²) in [5.41, 5.74) is 0.611. The lowest BCUT2D eigenvalue weighted by atomic mass is 10.1. The zero-order valence-corrected chi connectivity index (χ0v) is 16.3. The van der Waals surface area contributed by atoms with Crippen LogP contribution in [-0.2, 0) is 9.53 Å². The Kier molecular flexibility index (Phi) is 13.3. The molecule has 0 aliphatic carbocycles. The fourth-order valence-corrected chi connectivity index (χ4v) is 2.34. The van der Waals surface area contributed by atoms with Crippen LogP contribution in [0.4, 0.5) is 0 Å². The lowest BCUT2D eigenvalue weighted by molar-refractivity contribution is -0.151. The number of aliphatic hydroxyl groups is 1. The molecule has 3 nitrogen and oxygen atoms in total. The molecule has 0 aromatic carbocycles. The standard InChI is InChI=1S/C24H32O3/c1-2-3-4-5-6-7-8-9-10-11-12-13-14-15-16-17-18-19-20-22-21-23(25)27-24(22)26/h3-4,6-7,9-10,12-13,15-16,18-19,21,24,26H,2,5,8,11,14,17,20H2,1H3. The summed E-state index contributed by atoms with van der Waals surface area (Å²) in [4.78, 5) is 10.9. The molecule has 0 aromatic rings. The molecule has 1 rings (SSSR count). The second-order valence-electron chi connectivity index (χ2n) is 6.13. The fraction of sp³-hybridized carbons (Fsp3) is 0.375. The maximum atomic E-state index is 10.9. The number of rotatable bonds is 13. The molecular formula is C24H32O3. The van der Waals surface area contributed by atoms with Crippen molar-refractivity contribution >= 4 is 5.97 Å². The zero-order valence-electron chi connectivity index (χ0n) is 16.3. The third-order valence-corrected chi connectivity index (χ3v) is 3.80. The van der Waals surface area contributed by atoms with E-state index in [1.807, 2.05) is 12.2 Å². The Morgan fingerprint density at radius 2 is 1.19 bits per heavy atom. The van der Waals surface area contributed by atoms with Gasteiger partial charge in [0.1, 0.15) is 0 Å². The van der Waals surface area contributed by atoms with Gasteiger partial charge in [-0.2, -0.15) is 0 Å².